The number of amides is 1. The molecular weight excluding hydrogens is 484 g/mol. The minimum Gasteiger partial charge on any atom is -0.456 e. The molecule has 0 spiro atoms. The first kappa shape index (κ1) is 25.1. The van der Waals surface area contributed by atoms with Gasteiger partial charge in [0.25, 0.3) is 0 Å². The van der Waals surface area contributed by atoms with E-state index in [2.05, 4.69) is 5.32 Å². The molecule has 1 N–H and O–H groups in total. The summed E-state index contributed by atoms with van der Waals surface area (Å²) in [6.07, 6.45) is 0. The van der Waals surface area contributed by atoms with E-state index >= 15 is 0 Å². The lowest BCUT2D eigenvalue weighted by molar-refractivity contribution is -0.114. The zero-order valence-electron chi connectivity index (χ0n) is 19.6. The van der Waals surface area contributed by atoms with Crippen molar-refractivity contribution in [2.75, 3.05) is 11.1 Å². The maximum absolute atomic E-state index is 14.0. The second kappa shape index (κ2) is 10.3. The van der Waals surface area contributed by atoms with Crippen molar-refractivity contribution in [3.05, 3.63) is 96.6 Å². The van der Waals surface area contributed by atoms with Gasteiger partial charge in [0.1, 0.15) is 11.5 Å². The quantitative estimate of drug-likeness (QED) is 0.297. The Kier molecular flexibility index (Phi) is 7.17. The van der Waals surface area contributed by atoms with Crippen molar-refractivity contribution in [3.63, 3.8) is 0 Å². The van der Waals surface area contributed by atoms with Crippen LogP contribution in [0.4, 0.5) is 14.5 Å². The van der Waals surface area contributed by atoms with Crippen LogP contribution in [0.2, 0.25) is 0 Å². The average Bonchev–Trinajstić information content (AvgIpc) is 2.87. The van der Waals surface area contributed by atoms with Gasteiger partial charge in [0.05, 0.1) is 16.3 Å². The van der Waals surface area contributed by atoms with E-state index in [9.17, 15) is 22.0 Å². The van der Waals surface area contributed by atoms with Gasteiger partial charge in [-0.15, -0.1) is 0 Å². The SMILES string of the molecule is CCS(=O)(=O)c1ccc(-c2c(NC(C)=O)ccc(-c3ccccc3)c2Oc2ccc(F)c(F)c2)cc1. The Morgan fingerprint density at radius 3 is 2.17 bits per heavy atom. The van der Waals surface area contributed by atoms with Crippen LogP contribution in [0, 0.1) is 11.6 Å². The Balaban J connectivity index is 1.98. The van der Waals surface area contributed by atoms with E-state index in [-0.39, 0.29) is 28.1 Å². The number of carbonyl (C=O) groups is 1. The summed E-state index contributed by atoms with van der Waals surface area (Å²) < 4.78 is 58.4. The molecule has 8 heteroatoms. The maximum Gasteiger partial charge on any atom is 0.221 e. The standard InChI is InChI=1S/C28H23F2NO4S/c1-3-36(33,34)22-12-9-20(10-13-22)27-26(31-18(2)32)16-14-23(19-7-5-4-6-8-19)28(27)35-21-11-15-24(29)25(30)17-21/h4-17H,3H2,1-2H3,(H,31,32). The molecule has 0 fully saturated rings. The number of benzene rings is 4. The molecule has 184 valence electrons. The topological polar surface area (TPSA) is 72.5 Å². The van der Waals surface area contributed by atoms with Crippen LogP contribution in [-0.4, -0.2) is 20.1 Å². The van der Waals surface area contributed by atoms with Gasteiger partial charge >= 0.3 is 0 Å². The van der Waals surface area contributed by atoms with Crippen molar-refractivity contribution < 1.29 is 26.7 Å². The maximum atomic E-state index is 14.0. The number of hydrogen-bond donors (Lipinski definition) is 1. The van der Waals surface area contributed by atoms with Crippen LogP contribution in [0.25, 0.3) is 22.3 Å². The van der Waals surface area contributed by atoms with Gasteiger partial charge in [-0.2, -0.15) is 0 Å². The lowest BCUT2D eigenvalue weighted by Gasteiger charge is -2.20. The fraction of sp³-hybridized carbons (Fsp3) is 0.107. The minimum absolute atomic E-state index is 0.0442. The summed E-state index contributed by atoms with van der Waals surface area (Å²) in [7, 11) is -3.42. The Morgan fingerprint density at radius 1 is 0.861 bits per heavy atom. The van der Waals surface area contributed by atoms with Crippen LogP contribution < -0.4 is 10.1 Å². The predicted octanol–water partition coefficient (Wildman–Crippen LogP) is 6.84. The molecule has 0 saturated heterocycles. The van der Waals surface area contributed by atoms with Gasteiger partial charge in [0.2, 0.25) is 5.91 Å². The summed E-state index contributed by atoms with van der Waals surface area (Å²) in [5.74, 6) is -2.11. The van der Waals surface area contributed by atoms with Crippen LogP contribution in [0.3, 0.4) is 0 Å². The molecule has 0 aliphatic rings. The third kappa shape index (κ3) is 5.28. The van der Waals surface area contributed by atoms with Crippen molar-refractivity contribution in [1.82, 2.24) is 0 Å². The fourth-order valence-electron chi connectivity index (χ4n) is 3.77. The molecule has 36 heavy (non-hydrogen) atoms. The van der Waals surface area contributed by atoms with Gasteiger partial charge in [-0.3, -0.25) is 4.79 Å². The summed E-state index contributed by atoms with van der Waals surface area (Å²) in [5, 5.41) is 2.78. The molecule has 0 unspecified atom stereocenters. The zero-order chi connectivity index (χ0) is 25.9. The number of hydrogen-bond acceptors (Lipinski definition) is 4. The minimum atomic E-state index is -3.42. The molecule has 0 radical (unpaired) electrons. The lowest BCUT2D eigenvalue weighted by atomic mass is 9.95. The number of anilines is 1. The zero-order valence-corrected chi connectivity index (χ0v) is 20.4. The highest BCUT2D eigenvalue weighted by Crippen LogP contribution is 2.46. The number of carbonyl (C=O) groups excluding carboxylic acids is 1. The van der Waals surface area contributed by atoms with E-state index in [1.54, 1.807) is 31.2 Å². The normalized spacial score (nSPS) is 11.2. The molecule has 5 nitrogen and oxygen atoms in total. The highest BCUT2D eigenvalue weighted by atomic mass is 32.2. The van der Waals surface area contributed by atoms with Crippen molar-refractivity contribution in [2.24, 2.45) is 0 Å². The number of nitrogens with one attached hydrogen (secondary N) is 1. The molecule has 4 rings (SSSR count). The van der Waals surface area contributed by atoms with Crippen molar-refractivity contribution in [3.8, 4) is 33.8 Å². The fourth-order valence-corrected chi connectivity index (χ4v) is 4.65. The summed E-state index contributed by atoms with van der Waals surface area (Å²) in [5.41, 5.74) is 2.84. The van der Waals surface area contributed by atoms with E-state index in [4.69, 9.17) is 4.74 Å². The van der Waals surface area contributed by atoms with Crippen LogP contribution >= 0.6 is 0 Å². The van der Waals surface area contributed by atoms with Crippen LogP contribution in [0.5, 0.6) is 11.5 Å². The van der Waals surface area contributed by atoms with Crippen LogP contribution in [0.1, 0.15) is 13.8 Å². The van der Waals surface area contributed by atoms with Gasteiger partial charge in [-0.25, -0.2) is 17.2 Å². The highest BCUT2D eigenvalue weighted by Gasteiger charge is 2.21. The number of halogens is 2. The molecule has 0 aliphatic heterocycles. The van der Waals surface area contributed by atoms with Crippen LogP contribution in [-0.2, 0) is 14.6 Å². The number of ether oxygens (including phenoxy) is 1. The second-order valence-electron chi connectivity index (χ2n) is 8.02. The molecule has 0 saturated carbocycles. The van der Waals surface area contributed by atoms with E-state index in [1.165, 1.54) is 25.1 Å². The van der Waals surface area contributed by atoms with Gasteiger partial charge < -0.3 is 10.1 Å². The Bertz CT molecular complexity index is 1520. The third-order valence-corrected chi connectivity index (χ3v) is 7.30. The summed E-state index contributed by atoms with van der Waals surface area (Å²) in [4.78, 5) is 12.2. The van der Waals surface area contributed by atoms with Crippen molar-refractivity contribution in [2.45, 2.75) is 18.7 Å². The van der Waals surface area contributed by atoms with E-state index in [0.717, 1.165) is 17.7 Å². The Hall–Kier alpha value is -4.04. The van der Waals surface area contributed by atoms with Gasteiger partial charge in [0.15, 0.2) is 21.5 Å². The second-order valence-corrected chi connectivity index (χ2v) is 10.3. The molecule has 0 heterocycles. The van der Waals surface area contributed by atoms with E-state index in [0.29, 0.717) is 22.4 Å². The molecule has 0 atom stereocenters. The number of rotatable bonds is 7. The monoisotopic (exact) mass is 507 g/mol. The molecule has 4 aromatic rings. The van der Waals surface area contributed by atoms with E-state index in [1.807, 2.05) is 30.3 Å². The Labute approximate surface area is 208 Å². The smallest absolute Gasteiger partial charge is 0.221 e. The summed E-state index contributed by atoms with van der Waals surface area (Å²) in [6.45, 7) is 2.93. The molecule has 1 amide bonds. The molecule has 0 aliphatic carbocycles. The van der Waals surface area contributed by atoms with E-state index < -0.39 is 21.5 Å². The van der Waals surface area contributed by atoms with Gasteiger partial charge in [-0.05, 0) is 47.5 Å². The van der Waals surface area contributed by atoms with Crippen molar-refractivity contribution in [1.29, 1.82) is 0 Å². The van der Waals surface area contributed by atoms with Gasteiger partial charge in [-0.1, -0.05) is 49.4 Å². The molecule has 0 aromatic heterocycles. The molecule has 0 bridgehead atoms. The third-order valence-electron chi connectivity index (χ3n) is 5.55. The molecular formula is C28H23F2NO4S. The first-order valence-electron chi connectivity index (χ1n) is 11.2. The van der Waals surface area contributed by atoms with Crippen molar-refractivity contribution >= 4 is 21.4 Å². The average molecular weight is 508 g/mol. The van der Waals surface area contributed by atoms with Crippen LogP contribution in [0.15, 0.2) is 89.8 Å². The van der Waals surface area contributed by atoms with Gasteiger partial charge in [0, 0.05) is 24.1 Å². The molecule has 4 aromatic carbocycles. The summed E-state index contributed by atoms with van der Waals surface area (Å²) >= 11 is 0. The highest BCUT2D eigenvalue weighted by molar-refractivity contribution is 7.91. The lowest BCUT2D eigenvalue weighted by Crippen LogP contribution is -2.08. The first-order valence-corrected chi connectivity index (χ1v) is 12.8. The number of sulfone groups is 1. The summed E-state index contributed by atoms with van der Waals surface area (Å²) in [6, 6.07) is 22.2. The predicted molar refractivity (Wildman–Crippen MR) is 136 cm³/mol. The Morgan fingerprint density at radius 2 is 1.56 bits per heavy atom. The largest absolute Gasteiger partial charge is 0.456 e. The first-order chi connectivity index (χ1) is 17.2.